The quantitative estimate of drug-likeness (QED) is 0.235. The van der Waals surface area contributed by atoms with Crippen LogP contribution < -0.4 is 0 Å². The minimum atomic E-state index is -1.14. The van der Waals surface area contributed by atoms with Gasteiger partial charge in [0.1, 0.15) is 11.7 Å². The molecule has 0 aromatic carbocycles. The van der Waals surface area contributed by atoms with Crippen LogP contribution in [-0.4, -0.2) is 67.8 Å². The van der Waals surface area contributed by atoms with E-state index >= 15 is 0 Å². The molecule has 4 bridgehead atoms. The fourth-order valence-corrected chi connectivity index (χ4v) is 11.8. The van der Waals surface area contributed by atoms with Gasteiger partial charge in [-0.1, -0.05) is 58.6 Å². The summed E-state index contributed by atoms with van der Waals surface area (Å²) in [4.78, 5) is 30.0. The maximum atomic E-state index is 14.0. The lowest BCUT2D eigenvalue weighted by Crippen LogP contribution is -2.65. The van der Waals surface area contributed by atoms with Crippen molar-refractivity contribution >= 4 is 12.3 Å². The Hall–Kier alpha value is -1.24. The second-order valence-corrected chi connectivity index (χ2v) is 15.4. The Morgan fingerprint density at radius 1 is 1.22 bits per heavy atom. The molecule has 0 aromatic rings. The Balaban J connectivity index is 1.37. The molecule has 0 radical (unpaired) electrons. The number of carboxylic acid groups (broad SMARTS) is 1. The maximum absolute atomic E-state index is 14.0. The molecule has 0 amide bonds. The number of hydrogen-bond acceptors (Lipinski definition) is 5. The number of carbonyl (C=O) groups is 2. The highest BCUT2D eigenvalue weighted by molar-refractivity contribution is 5.90. The lowest BCUT2D eigenvalue weighted by molar-refractivity contribution is -0.197. The van der Waals surface area contributed by atoms with Gasteiger partial charge in [0.15, 0.2) is 0 Å². The van der Waals surface area contributed by atoms with E-state index in [9.17, 15) is 14.7 Å². The van der Waals surface area contributed by atoms with Crippen molar-refractivity contribution < 1.29 is 24.2 Å². The molecule has 6 aliphatic rings. The summed E-state index contributed by atoms with van der Waals surface area (Å²) < 4.78 is 12.7. The number of carboxylic acids is 1. The number of methoxy groups -OCH3 is 1. The summed E-state index contributed by atoms with van der Waals surface area (Å²) in [5.74, 6) is 1.68. The van der Waals surface area contributed by atoms with Gasteiger partial charge in [0.2, 0.25) is 0 Å². The van der Waals surface area contributed by atoms with Gasteiger partial charge in [-0.15, -0.1) is 0 Å². The molecule has 6 rings (SSSR count). The molecule has 2 saturated heterocycles. The molecule has 6 heteroatoms. The first kappa shape index (κ1) is 29.8. The molecule has 3 saturated carbocycles. The van der Waals surface area contributed by atoms with Gasteiger partial charge >= 0.3 is 5.97 Å². The molecule has 6 nitrogen and oxygen atoms in total. The number of fused-ring (bicyclic) bond motifs is 2. The topological polar surface area (TPSA) is 76.1 Å². The average Bonchev–Trinajstić information content (AvgIpc) is 3.66. The molecule has 7 unspecified atom stereocenters. The van der Waals surface area contributed by atoms with Crippen LogP contribution in [0.2, 0.25) is 0 Å². The summed E-state index contributed by atoms with van der Waals surface area (Å²) in [5.41, 5.74) is -1.44. The fourth-order valence-electron chi connectivity index (χ4n) is 11.8. The summed E-state index contributed by atoms with van der Waals surface area (Å²) in [6, 6.07) is 0. The fraction of sp³-hybridized carbons (Fsp3) is 0.886. The first-order chi connectivity index (χ1) is 19.7. The molecule has 230 valence electrons. The van der Waals surface area contributed by atoms with Gasteiger partial charge in [-0.2, -0.15) is 0 Å². The van der Waals surface area contributed by atoms with E-state index in [-0.39, 0.29) is 30.0 Å². The SMILES string of the molecule is CCCCC1CC(C23C[C@@H]4[C@H](C)CC[C@H]4C4(C=O)CC2C=C(C(C)C)C34C(=O)O)OC1CN1CCC(COC)CC1. The summed E-state index contributed by atoms with van der Waals surface area (Å²) in [6.07, 6.45) is 14.0. The summed E-state index contributed by atoms with van der Waals surface area (Å²) in [7, 11) is 1.80. The minimum Gasteiger partial charge on any atom is -0.481 e. The third-order valence-corrected chi connectivity index (χ3v) is 13.4. The summed E-state index contributed by atoms with van der Waals surface area (Å²) in [5, 5.41) is 11.5. The molecular weight excluding hydrogens is 514 g/mol. The third-order valence-electron chi connectivity index (χ3n) is 13.4. The van der Waals surface area contributed by atoms with E-state index in [0.29, 0.717) is 30.1 Å². The van der Waals surface area contributed by atoms with Crippen LogP contribution >= 0.6 is 0 Å². The van der Waals surface area contributed by atoms with Crippen molar-refractivity contribution in [2.75, 3.05) is 33.4 Å². The largest absolute Gasteiger partial charge is 0.481 e. The van der Waals surface area contributed by atoms with Crippen molar-refractivity contribution in [2.24, 2.45) is 57.7 Å². The molecule has 4 aliphatic carbocycles. The predicted molar refractivity (Wildman–Crippen MR) is 159 cm³/mol. The van der Waals surface area contributed by atoms with E-state index in [1.165, 1.54) is 19.3 Å². The van der Waals surface area contributed by atoms with Crippen LogP contribution in [-0.2, 0) is 19.1 Å². The van der Waals surface area contributed by atoms with Gasteiger partial charge in [-0.05, 0) is 99.5 Å². The minimum absolute atomic E-state index is 0.104. The lowest BCUT2D eigenvalue weighted by Gasteiger charge is -2.60. The zero-order valence-electron chi connectivity index (χ0n) is 26.3. The number of carbonyl (C=O) groups excluding carboxylic acids is 1. The van der Waals surface area contributed by atoms with Gasteiger partial charge in [0, 0.05) is 25.7 Å². The zero-order chi connectivity index (χ0) is 29.2. The van der Waals surface area contributed by atoms with Crippen molar-refractivity contribution in [3.05, 3.63) is 11.6 Å². The molecule has 1 N–H and O–H groups in total. The Morgan fingerprint density at radius 3 is 2.61 bits per heavy atom. The monoisotopic (exact) mass is 569 g/mol. The van der Waals surface area contributed by atoms with Crippen molar-refractivity contribution in [2.45, 2.75) is 104 Å². The van der Waals surface area contributed by atoms with Crippen LogP contribution in [0.25, 0.3) is 0 Å². The van der Waals surface area contributed by atoms with Crippen molar-refractivity contribution in [1.29, 1.82) is 0 Å². The van der Waals surface area contributed by atoms with E-state index in [0.717, 1.165) is 76.6 Å². The summed E-state index contributed by atoms with van der Waals surface area (Å²) in [6.45, 7) is 12.9. The van der Waals surface area contributed by atoms with Crippen LogP contribution in [0.5, 0.6) is 0 Å². The number of allylic oxidation sites excluding steroid dienone is 1. The lowest BCUT2D eigenvalue weighted by atomic mass is 9.41. The Labute approximate surface area is 248 Å². The van der Waals surface area contributed by atoms with Crippen LogP contribution in [0.15, 0.2) is 11.6 Å². The van der Waals surface area contributed by atoms with Crippen LogP contribution in [0.1, 0.15) is 91.9 Å². The molecule has 10 atom stereocenters. The number of hydrogen-bond donors (Lipinski definition) is 1. The van der Waals surface area contributed by atoms with Gasteiger partial charge < -0.3 is 24.3 Å². The van der Waals surface area contributed by atoms with Crippen molar-refractivity contribution in [1.82, 2.24) is 4.90 Å². The molecule has 41 heavy (non-hydrogen) atoms. The Kier molecular flexibility index (Phi) is 8.03. The number of aliphatic carboxylic acids is 1. The van der Waals surface area contributed by atoms with Crippen LogP contribution in [0, 0.1) is 57.7 Å². The van der Waals surface area contributed by atoms with E-state index in [2.05, 4.69) is 38.7 Å². The zero-order valence-corrected chi connectivity index (χ0v) is 26.3. The van der Waals surface area contributed by atoms with E-state index in [1.54, 1.807) is 7.11 Å². The normalized spacial score (nSPS) is 45.8. The van der Waals surface area contributed by atoms with Crippen molar-refractivity contribution in [3.63, 3.8) is 0 Å². The number of piperidine rings is 1. The highest BCUT2D eigenvalue weighted by Gasteiger charge is 2.86. The maximum Gasteiger partial charge on any atom is 0.315 e. The molecular formula is C35H55NO5. The van der Waals surface area contributed by atoms with Gasteiger partial charge in [-0.25, -0.2) is 0 Å². The van der Waals surface area contributed by atoms with Gasteiger partial charge in [0.25, 0.3) is 0 Å². The van der Waals surface area contributed by atoms with E-state index < -0.39 is 22.2 Å². The third kappa shape index (κ3) is 4.05. The Bertz CT molecular complexity index is 1030. The molecule has 5 fully saturated rings. The number of ether oxygens (including phenoxy) is 2. The average molecular weight is 570 g/mol. The van der Waals surface area contributed by atoms with Crippen LogP contribution in [0.3, 0.4) is 0 Å². The highest BCUT2D eigenvalue weighted by atomic mass is 16.5. The highest BCUT2D eigenvalue weighted by Crippen LogP contribution is 2.84. The van der Waals surface area contributed by atoms with E-state index in [1.807, 2.05) is 0 Å². The van der Waals surface area contributed by atoms with Gasteiger partial charge in [-0.3, -0.25) is 4.79 Å². The first-order valence-electron chi connectivity index (χ1n) is 17.0. The van der Waals surface area contributed by atoms with Crippen LogP contribution in [0.4, 0.5) is 0 Å². The molecule has 0 aromatic heterocycles. The second kappa shape index (κ2) is 11.0. The van der Waals surface area contributed by atoms with Crippen molar-refractivity contribution in [3.8, 4) is 0 Å². The van der Waals surface area contributed by atoms with Gasteiger partial charge in [0.05, 0.1) is 17.6 Å². The molecule has 2 aliphatic heterocycles. The number of likely N-dealkylation sites (tertiary alicyclic amines) is 1. The number of aldehydes is 1. The molecule has 0 spiro atoms. The first-order valence-corrected chi connectivity index (χ1v) is 17.0. The number of unbranched alkanes of at least 4 members (excludes halogenated alkanes) is 1. The standard InChI is InChI=1S/C35H55NO5/c1-6-7-8-25-15-31(41-30(25)19-36-13-11-24(12-14-36)20-40-5)34-18-27-23(4)9-10-28(27)33(21-37)17-26(34)16-29(22(2)3)35(33,34)32(38)39/h16,21-28,30-31H,6-15,17-20H2,1-5H3,(H,38,39)/t23-,25?,26?,27-,28-,30?,31?,33?,34?,35?/m1/s1. The predicted octanol–water partition coefficient (Wildman–Crippen LogP) is 6.23. The number of nitrogens with zero attached hydrogens (tertiary/aromatic N) is 1. The second-order valence-electron chi connectivity index (χ2n) is 15.4. The Morgan fingerprint density at radius 2 is 1.98 bits per heavy atom. The van der Waals surface area contributed by atoms with E-state index in [4.69, 9.17) is 9.47 Å². The number of rotatable bonds is 11. The smallest absolute Gasteiger partial charge is 0.315 e. The molecule has 2 heterocycles. The summed E-state index contributed by atoms with van der Waals surface area (Å²) >= 11 is 0.